The van der Waals surface area contributed by atoms with Crippen molar-refractivity contribution in [2.75, 3.05) is 0 Å². The van der Waals surface area contributed by atoms with Gasteiger partial charge in [-0.15, -0.1) is 0 Å². The van der Waals surface area contributed by atoms with E-state index in [0.29, 0.717) is 11.5 Å². The molecule has 3 heteroatoms. The van der Waals surface area contributed by atoms with Gasteiger partial charge < -0.3 is 9.13 Å². The maximum absolute atomic E-state index is 11.2. The summed E-state index contributed by atoms with van der Waals surface area (Å²) in [6, 6.07) is 42.7. The number of carbonyl (C=O) groups is 1. The molecule has 1 aliphatic rings. The summed E-state index contributed by atoms with van der Waals surface area (Å²) in [4.78, 5) is 11.2. The van der Waals surface area contributed by atoms with Crippen LogP contribution in [0, 0.1) is 0 Å². The van der Waals surface area contributed by atoms with Gasteiger partial charge in [-0.2, -0.15) is 0 Å². The highest BCUT2D eigenvalue weighted by molar-refractivity contribution is 6.09. The van der Waals surface area contributed by atoms with Crippen molar-refractivity contribution in [3.8, 4) is 11.4 Å². The molecular weight excluding hydrogens is 512 g/mol. The first kappa shape index (κ1) is 25.8. The summed E-state index contributed by atoms with van der Waals surface area (Å²) in [7, 11) is 0. The van der Waals surface area contributed by atoms with E-state index in [1.165, 1.54) is 55.2 Å². The molecule has 0 amide bonds. The van der Waals surface area contributed by atoms with Gasteiger partial charge in [0.05, 0.1) is 16.6 Å². The molecular formula is C39H32N2O. The molecule has 1 aliphatic carbocycles. The molecule has 5 aromatic carbocycles. The van der Waals surface area contributed by atoms with Crippen LogP contribution in [-0.4, -0.2) is 15.4 Å². The fourth-order valence-electron chi connectivity index (χ4n) is 6.50. The van der Waals surface area contributed by atoms with Crippen LogP contribution >= 0.6 is 0 Å². The molecule has 42 heavy (non-hydrogen) atoms. The molecule has 0 saturated heterocycles. The van der Waals surface area contributed by atoms with Crippen molar-refractivity contribution in [2.45, 2.75) is 26.2 Å². The van der Waals surface area contributed by atoms with E-state index in [1.54, 1.807) is 0 Å². The lowest BCUT2D eigenvalue weighted by atomic mass is 9.86. The van der Waals surface area contributed by atoms with Crippen molar-refractivity contribution < 1.29 is 4.79 Å². The number of hydrogen-bond donors (Lipinski definition) is 0. The SMILES string of the molecule is CC.O=Cc1ccc(-n2c3ccccc3c3cc(C4C=Cc5c(c6ccccc6n5-c5ccccc5)C4)ccc32)cc1. The van der Waals surface area contributed by atoms with Crippen LogP contribution in [0.25, 0.3) is 50.2 Å². The molecule has 0 spiro atoms. The number of carbonyl (C=O) groups excluding carboxylic acids is 1. The molecule has 2 aromatic heterocycles. The highest BCUT2D eigenvalue weighted by atomic mass is 16.1. The molecule has 204 valence electrons. The lowest BCUT2D eigenvalue weighted by molar-refractivity contribution is 0.112. The lowest BCUT2D eigenvalue weighted by Crippen LogP contribution is -2.07. The summed E-state index contributed by atoms with van der Waals surface area (Å²) in [6.07, 6.45) is 6.55. The molecule has 3 nitrogen and oxygen atoms in total. The van der Waals surface area contributed by atoms with Crippen molar-refractivity contribution in [3.63, 3.8) is 0 Å². The highest BCUT2D eigenvalue weighted by Gasteiger charge is 2.24. The summed E-state index contributed by atoms with van der Waals surface area (Å²) in [5.41, 5.74) is 10.5. The van der Waals surface area contributed by atoms with Gasteiger partial charge in [0.2, 0.25) is 0 Å². The van der Waals surface area contributed by atoms with Crippen LogP contribution in [0.1, 0.15) is 46.9 Å². The summed E-state index contributed by atoms with van der Waals surface area (Å²) in [5, 5.41) is 3.81. The number of para-hydroxylation sites is 3. The summed E-state index contributed by atoms with van der Waals surface area (Å²) in [5.74, 6) is 0.293. The van der Waals surface area contributed by atoms with Crippen LogP contribution in [0.2, 0.25) is 0 Å². The Morgan fingerprint density at radius 3 is 1.98 bits per heavy atom. The van der Waals surface area contributed by atoms with Crippen LogP contribution in [0.15, 0.2) is 127 Å². The summed E-state index contributed by atoms with van der Waals surface area (Å²) >= 11 is 0. The fourth-order valence-corrected chi connectivity index (χ4v) is 6.50. The number of nitrogens with zero attached hydrogens (tertiary/aromatic N) is 2. The first-order chi connectivity index (χ1) is 20.8. The first-order valence-corrected chi connectivity index (χ1v) is 14.7. The second-order valence-corrected chi connectivity index (χ2v) is 10.6. The first-order valence-electron chi connectivity index (χ1n) is 14.7. The quantitative estimate of drug-likeness (QED) is 0.203. The van der Waals surface area contributed by atoms with Gasteiger partial charge in [0.15, 0.2) is 0 Å². The average Bonchev–Trinajstić information content (AvgIpc) is 3.58. The van der Waals surface area contributed by atoms with Crippen LogP contribution in [0.5, 0.6) is 0 Å². The third kappa shape index (κ3) is 4.09. The standard InChI is InChI=1S/C37H26N2O.C2H6/c40-24-25-14-18-29(19-15-25)39-35-13-7-5-11-31(35)33-23-27(17-21-37(33)39)26-16-20-36-32(22-26)30-10-4-6-12-34(30)38(36)28-8-2-1-3-9-28;1-2/h1-21,23-24,26H,22H2;1-2H3. The fraction of sp³-hybridized carbons (Fsp3) is 0.103. The summed E-state index contributed by atoms with van der Waals surface area (Å²) in [6.45, 7) is 4.00. The van der Waals surface area contributed by atoms with Crippen LogP contribution in [0.4, 0.5) is 0 Å². The zero-order valence-electron chi connectivity index (χ0n) is 23.9. The minimum atomic E-state index is 0.293. The van der Waals surface area contributed by atoms with Crippen molar-refractivity contribution >= 4 is 45.1 Å². The third-order valence-corrected chi connectivity index (χ3v) is 8.36. The number of aldehydes is 1. The molecule has 0 N–H and O–H groups in total. The molecule has 0 radical (unpaired) electrons. The molecule has 8 rings (SSSR count). The zero-order valence-corrected chi connectivity index (χ0v) is 23.9. The highest BCUT2D eigenvalue weighted by Crippen LogP contribution is 2.40. The van der Waals surface area contributed by atoms with E-state index in [1.807, 2.05) is 38.1 Å². The second kappa shape index (κ2) is 10.7. The Bertz CT molecular complexity index is 2090. The molecule has 7 aromatic rings. The van der Waals surface area contributed by atoms with Crippen molar-refractivity contribution in [3.05, 3.63) is 150 Å². The molecule has 0 fully saturated rings. The largest absolute Gasteiger partial charge is 0.310 e. The van der Waals surface area contributed by atoms with Crippen LogP contribution in [-0.2, 0) is 6.42 Å². The van der Waals surface area contributed by atoms with Gasteiger partial charge in [-0.25, -0.2) is 0 Å². The topological polar surface area (TPSA) is 26.9 Å². The van der Waals surface area contributed by atoms with Gasteiger partial charge in [-0.1, -0.05) is 80.6 Å². The Hall–Kier alpha value is -5.15. The van der Waals surface area contributed by atoms with Gasteiger partial charge in [-0.05, 0) is 84.3 Å². The van der Waals surface area contributed by atoms with Crippen molar-refractivity contribution in [1.82, 2.24) is 9.13 Å². The lowest BCUT2D eigenvalue weighted by Gasteiger charge is -2.20. The predicted molar refractivity (Wildman–Crippen MR) is 176 cm³/mol. The van der Waals surface area contributed by atoms with Gasteiger partial charge in [-0.3, -0.25) is 4.79 Å². The minimum Gasteiger partial charge on any atom is -0.310 e. The Morgan fingerprint density at radius 2 is 1.24 bits per heavy atom. The maximum Gasteiger partial charge on any atom is 0.150 e. The van der Waals surface area contributed by atoms with E-state index < -0.39 is 0 Å². The van der Waals surface area contributed by atoms with E-state index in [2.05, 4.69) is 118 Å². The Labute approximate surface area is 246 Å². The Morgan fingerprint density at radius 1 is 0.619 bits per heavy atom. The van der Waals surface area contributed by atoms with Crippen molar-refractivity contribution in [2.24, 2.45) is 0 Å². The molecule has 1 unspecified atom stereocenters. The van der Waals surface area contributed by atoms with Gasteiger partial charge in [0, 0.05) is 44.7 Å². The Kier molecular flexibility index (Phi) is 6.56. The number of aromatic nitrogens is 2. The molecule has 0 aliphatic heterocycles. The van der Waals surface area contributed by atoms with E-state index in [4.69, 9.17) is 0 Å². The van der Waals surface area contributed by atoms with E-state index in [-0.39, 0.29) is 0 Å². The van der Waals surface area contributed by atoms with Gasteiger partial charge >= 0.3 is 0 Å². The monoisotopic (exact) mass is 544 g/mol. The van der Waals surface area contributed by atoms with Crippen molar-refractivity contribution in [1.29, 1.82) is 0 Å². The molecule has 2 heterocycles. The number of fused-ring (bicyclic) bond motifs is 6. The Balaban J connectivity index is 0.00000141. The summed E-state index contributed by atoms with van der Waals surface area (Å²) < 4.78 is 4.69. The molecule has 0 saturated carbocycles. The number of allylic oxidation sites excluding steroid dienone is 1. The number of hydrogen-bond acceptors (Lipinski definition) is 1. The van der Waals surface area contributed by atoms with Crippen LogP contribution in [0.3, 0.4) is 0 Å². The van der Waals surface area contributed by atoms with Crippen LogP contribution < -0.4 is 0 Å². The second-order valence-electron chi connectivity index (χ2n) is 10.6. The van der Waals surface area contributed by atoms with Gasteiger partial charge in [0.25, 0.3) is 0 Å². The van der Waals surface area contributed by atoms with Gasteiger partial charge in [0.1, 0.15) is 6.29 Å². The number of rotatable bonds is 4. The third-order valence-electron chi connectivity index (χ3n) is 8.36. The molecule has 1 atom stereocenters. The predicted octanol–water partition coefficient (Wildman–Crippen LogP) is 9.92. The van der Waals surface area contributed by atoms with E-state index in [9.17, 15) is 4.79 Å². The molecule has 0 bridgehead atoms. The normalized spacial score (nSPS) is 14.1. The smallest absolute Gasteiger partial charge is 0.150 e. The minimum absolute atomic E-state index is 0.293. The number of benzene rings is 5. The van der Waals surface area contributed by atoms with E-state index >= 15 is 0 Å². The maximum atomic E-state index is 11.2. The average molecular weight is 545 g/mol. The van der Waals surface area contributed by atoms with E-state index in [0.717, 1.165) is 18.4 Å². The zero-order chi connectivity index (χ0) is 28.6.